The fraction of sp³-hybridized carbons (Fsp3) is 0.294. The largest absolute Gasteiger partial charge is 0.508 e. The summed E-state index contributed by atoms with van der Waals surface area (Å²) in [7, 11) is 4.10. The van der Waals surface area contributed by atoms with E-state index in [0.29, 0.717) is 11.8 Å². The van der Waals surface area contributed by atoms with Gasteiger partial charge in [-0.25, -0.2) is 0 Å². The van der Waals surface area contributed by atoms with Gasteiger partial charge in [0.1, 0.15) is 5.75 Å². The van der Waals surface area contributed by atoms with Crippen molar-refractivity contribution in [2.24, 2.45) is 0 Å². The van der Waals surface area contributed by atoms with Crippen LogP contribution in [0.2, 0.25) is 0 Å². The first-order valence-electron chi connectivity index (χ1n) is 7.10. The van der Waals surface area contributed by atoms with Crippen LogP contribution in [0.1, 0.15) is 23.6 Å². The summed E-state index contributed by atoms with van der Waals surface area (Å²) < 4.78 is 1.07. The Morgan fingerprint density at radius 3 is 2.76 bits per heavy atom. The molecule has 0 saturated heterocycles. The highest BCUT2D eigenvalue weighted by molar-refractivity contribution is 9.10. The first-order chi connectivity index (χ1) is 10.0. The molecule has 0 saturated carbocycles. The van der Waals surface area contributed by atoms with Crippen molar-refractivity contribution in [1.82, 2.24) is 0 Å². The van der Waals surface area contributed by atoms with Crippen molar-refractivity contribution < 1.29 is 5.11 Å². The Bertz CT molecular complexity index is 670. The molecule has 0 bridgehead atoms. The highest BCUT2D eigenvalue weighted by Gasteiger charge is 2.23. The molecule has 2 N–H and O–H groups in total. The van der Waals surface area contributed by atoms with Gasteiger partial charge < -0.3 is 15.3 Å². The molecule has 1 unspecified atom stereocenters. The molecule has 4 heteroatoms. The number of aryl methyl sites for hydroxylation is 1. The number of benzene rings is 2. The molecule has 21 heavy (non-hydrogen) atoms. The van der Waals surface area contributed by atoms with Crippen LogP contribution in [0.4, 0.5) is 11.4 Å². The van der Waals surface area contributed by atoms with Gasteiger partial charge in [0.25, 0.3) is 0 Å². The van der Waals surface area contributed by atoms with E-state index < -0.39 is 0 Å². The maximum absolute atomic E-state index is 9.59. The molecule has 1 aliphatic carbocycles. The second-order valence-corrected chi connectivity index (χ2v) is 6.59. The Hall–Kier alpha value is -1.68. The summed E-state index contributed by atoms with van der Waals surface area (Å²) in [5, 5.41) is 13.2. The van der Waals surface area contributed by atoms with Crippen LogP contribution >= 0.6 is 15.9 Å². The summed E-state index contributed by atoms with van der Waals surface area (Å²) in [4.78, 5) is 2.11. The molecule has 1 atom stereocenters. The first kappa shape index (κ1) is 14.3. The minimum Gasteiger partial charge on any atom is -0.508 e. The number of hydrogen-bond donors (Lipinski definition) is 2. The zero-order valence-corrected chi connectivity index (χ0v) is 13.8. The average Bonchev–Trinajstić information content (AvgIpc) is 2.81. The van der Waals surface area contributed by atoms with Crippen molar-refractivity contribution >= 4 is 27.3 Å². The molecule has 0 aromatic heterocycles. The van der Waals surface area contributed by atoms with Crippen molar-refractivity contribution in [2.75, 3.05) is 24.3 Å². The van der Waals surface area contributed by atoms with E-state index in [-0.39, 0.29) is 0 Å². The highest BCUT2D eigenvalue weighted by Crippen LogP contribution is 2.38. The van der Waals surface area contributed by atoms with Gasteiger partial charge in [-0.05, 0) is 54.3 Å². The normalized spacial score (nSPS) is 16.6. The topological polar surface area (TPSA) is 35.5 Å². The highest BCUT2D eigenvalue weighted by atomic mass is 79.9. The van der Waals surface area contributed by atoms with Gasteiger partial charge in [0, 0.05) is 18.6 Å². The van der Waals surface area contributed by atoms with Crippen LogP contribution in [0.3, 0.4) is 0 Å². The first-order valence-corrected chi connectivity index (χ1v) is 7.89. The van der Waals surface area contributed by atoms with E-state index in [1.807, 2.05) is 12.1 Å². The maximum Gasteiger partial charge on any atom is 0.115 e. The summed E-state index contributed by atoms with van der Waals surface area (Å²) in [6.45, 7) is 0. The molecule has 2 aromatic rings. The summed E-state index contributed by atoms with van der Waals surface area (Å²) in [5.74, 6) is 0.353. The van der Waals surface area contributed by atoms with Crippen LogP contribution in [0.5, 0.6) is 5.75 Å². The number of halogens is 1. The minimum absolute atomic E-state index is 0.300. The van der Waals surface area contributed by atoms with Gasteiger partial charge in [0.05, 0.1) is 17.4 Å². The molecule has 2 aromatic carbocycles. The molecule has 3 rings (SSSR count). The summed E-state index contributed by atoms with van der Waals surface area (Å²) in [6, 6.07) is 12.3. The van der Waals surface area contributed by atoms with E-state index in [2.05, 4.69) is 58.4 Å². The Balaban J connectivity index is 1.91. The van der Waals surface area contributed by atoms with E-state index >= 15 is 0 Å². The van der Waals surface area contributed by atoms with Crippen molar-refractivity contribution in [3.8, 4) is 5.75 Å². The van der Waals surface area contributed by atoms with E-state index in [0.717, 1.165) is 23.0 Å². The van der Waals surface area contributed by atoms with Crippen LogP contribution in [0, 0.1) is 0 Å². The molecular formula is C17H19BrN2O. The molecule has 0 fully saturated rings. The van der Waals surface area contributed by atoms with Crippen LogP contribution in [0.25, 0.3) is 0 Å². The summed E-state index contributed by atoms with van der Waals surface area (Å²) in [5.41, 5.74) is 4.83. The Morgan fingerprint density at radius 1 is 1.19 bits per heavy atom. The number of hydrogen-bond acceptors (Lipinski definition) is 3. The number of rotatable bonds is 3. The number of nitrogens with zero attached hydrogens (tertiary/aromatic N) is 1. The lowest BCUT2D eigenvalue weighted by Crippen LogP contribution is -2.14. The number of aromatic hydroxyl groups is 1. The molecule has 110 valence electrons. The number of fused-ring (bicyclic) bond motifs is 1. The Labute approximate surface area is 133 Å². The van der Waals surface area contributed by atoms with Gasteiger partial charge in [-0.1, -0.05) is 22.0 Å². The van der Waals surface area contributed by atoms with Gasteiger partial charge in [0.15, 0.2) is 0 Å². The lowest BCUT2D eigenvalue weighted by atomic mass is 10.1. The third kappa shape index (κ3) is 2.86. The monoisotopic (exact) mass is 346 g/mol. The van der Waals surface area contributed by atoms with Gasteiger partial charge in [-0.15, -0.1) is 0 Å². The van der Waals surface area contributed by atoms with E-state index in [9.17, 15) is 5.11 Å². The van der Waals surface area contributed by atoms with E-state index in [1.54, 1.807) is 6.07 Å². The maximum atomic E-state index is 9.59. The smallest absolute Gasteiger partial charge is 0.115 e. The van der Waals surface area contributed by atoms with Crippen LogP contribution < -0.4 is 10.2 Å². The number of phenols is 1. The SMILES string of the molecule is CN(C)c1ccc(Br)cc1NC1CCc2cc(O)ccc21. The predicted molar refractivity (Wildman–Crippen MR) is 91.3 cm³/mol. The average molecular weight is 347 g/mol. The van der Waals surface area contributed by atoms with Crippen molar-refractivity contribution in [3.63, 3.8) is 0 Å². The fourth-order valence-electron chi connectivity index (χ4n) is 2.96. The third-order valence-electron chi connectivity index (χ3n) is 3.97. The van der Waals surface area contributed by atoms with E-state index in [4.69, 9.17) is 0 Å². The van der Waals surface area contributed by atoms with E-state index in [1.165, 1.54) is 16.8 Å². The number of anilines is 2. The number of phenolic OH excluding ortho intramolecular Hbond substituents is 1. The van der Waals surface area contributed by atoms with Crippen molar-refractivity contribution in [1.29, 1.82) is 0 Å². The third-order valence-corrected chi connectivity index (χ3v) is 4.47. The van der Waals surface area contributed by atoms with Crippen LogP contribution in [0.15, 0.2) is 40.9 Å². The summed E-state index contributed by atoms with van der Waals surface area (Å²) in [6.07, 6.45) is 2.06. The van der Waals surface area contributed by atoms with Crippen molar-refractivity contribution in [2.45, 2.75) is 18.9 Å². The lowest BCUT2D eigenvalue weighted by Gasteiger charge is -2.22. The van der Waals surface area contributed by atoms with Gasteiger partial charge in [-0.3, -0.25) is 0 Å². The Morgan fingerprint density at radius 2 is 2.00 bits per heavy atom. The summed E-state index contributed by atoms with van der Waals surface area (Å²) >= 11 is 3.54. The van der Waals surface area contributed by atoms with Gasteiger partial charge >= 0.3 is 0 Å². The molecule has 1 aliphatic rings. The van der Waals surface area contributed by atoms with Gasteiger partial charge in [-0.2, -0.15) is 0 Å². The van der Waals surface area contributed by atoms with Gasteiger partial charge in [0.2, 0.25) is 0 Å². The second-order valence-electron chi connectivity index (χ2n) is 5.67. The zero-order chi connectivity index (χ0) is 15.0. The number of nitrogens with one attached hydrogen (secondary N) is 1. The molecular weight excluding hydrogens is 328 g/mol. The lowest BCUT2D eigenvalue weighted by molar-refractivity contribution is 0.474. The van der Waals surface area contributed by atoms with Crippen molar-refractivity contribution in [3.05, 3.63) is 52.0 Å². The molecule has 0 radical (unpaired) electrons. The molecule has 0 spiro atoms. The molecule has 0 aliphatic heterocycles. The second kappa shape index (κ2) is 5.60. The standard InChI is InChI=1S/C17H19BrN2O/c1-20(2)17-8-4-12(18)10-16(17)19-15-7-3-11-9-13(21)5-6-14(11)15/h4-6,8-10,15,19,21H,3,7H2,1-2H3. The Kier molecular flexibility index (Phi) is 3.81. The molecule has 0 amide bonds. The zero-order valence-electron chi connectivity index (χ0n) is 12.2. The fourth-order valence-corrected chi connectivity index (χ4v) is 3.32. The van der Waals surface area contributed by atoms with Crippen LogP contribution in [-0.4, -0.2) is 19.2 Å². The quantitative estimate of drug-likeness (QED) is 0.868. The minimum atomic E-state index is 0.300. The predicted octanol–water partition coefficient (Wildman–Crippen LogP) is 4.32. The molecule has 3 nitrogen and oxygen atoms in total. The van der Waals surface area contributed by atoms with Crippen LogP contribution in [-0.2, 0) is 6.42 Å². The molecule has 0 heterocycles.